The standard InChI is InChI=1S/C22H20N2O4/c25-20-17-11-5-4-10-16(17)14-18(23-20)22(27)28-19(15-8-2-1-3-9-15)21(26)24-12-6-7-13-24/h1-5,8-11,14,19H,6-7,12-13H2,(H,23,25). The van der Waals surface area contributed by atoms with Crippen molar-refractivity contribution in [1.29, 1.82) is 0 Å². The Bertz CT molecular complexity index is 1070. The van der Waals surface area contributed by atoms with Gasteiger partial charge in [0.25, 0.3) is 11.5 Å². The fourth-order valence-corrected chi connectivity index (χ4v) is 3.48. The first-order chi connectivity index (χ1) is 13.6. The minimum atomic E-state index is -1.04. The van der Waals surface area contributed by atoms with E-state index in [0.717, 1.165) is 12.8 Å². The van der Waals surface area contributed by atoms with Crippen LogP contribution in [0.15, 0.2) is 65.5 Å². The molecule has 0 radical (unpaired) electrons. The van der Waals surface area contributed by atoms with Gasteiger partial charge in [-0.3, -0.25) is 9.59 Å². The number of hydrogen-bond donors (Lipinski definition) is 1. The Morgan fingerprint density at radius 3 is 2.39 bits per heavy atom. The van der Waals surface area contributed by atoms with Crippen molar-refractivity contribution in [3.8, 4) is 0 Å². The molecule has 1 aromatic heterocycles. The lowest BCUT2D eigenvalue weighted by Gasteiger charge is -2.23. The highest BCUT2D eigenvalue weighted by Gasteiger charge is 2.31. The summed E-state index contributed by atoms with van der Waals surface area (Å²) in [6.07, 6.45) is 0.847. The molecule has 28 heavy (non-hydrogen) atoms. The monoisotopic (exact) mass is 376 g/mol. The van der Waals surface area contributed by atoms with Crippen LogP contribution in [0.25, 0.3) is 10.8 Å². The average Bonchev–Trinajstić information content (AvgIpc) is 3.27. The molecule has 0 spiro atoms. The van der Waals surface area contributed by atoms with Gasteiger partial charge in [0.1, 0.15) is 5.69 Å². The fraction of sp³-hybridized carbons (Fsp3) is 0.227. The summed E-state index contributed by atoms with van der Waals surface area (Å²) in [6.45, 7) is 1.32. The number of nitrogens with one attached hydrogen (secondary N) is 1. The topological polar surface area (TPSA) is 79.5 Å². The zero-order valence-electron chi connectivity index (χ0n) is 15.3. The van der Waals surface area contributed by atoms with E-state index in [2.05, 4.69) is 4.98 Å². The van der Waals surface area contributed by atoms with Crippen molar-refractivity contribution in [3.63, 3.8) is 0 Å². The van der Waals surface area contributed by atoms with Crippen molar-refractivity contribution in [2.45, 2.75) is 18.9 Å². The summed E-state index contributed by atoms with van der Waals surface area (Å²) >= 11 is 0. The smallest absolute Gasteiger partial charge is 0.355 e. The number of carbonyl (C=O) groups is 2. The van der Waals surface area contributed by atoms with Crippen molar-refractivity contribution < 1.29 is 14.3 Å². The third kappa shape index (κ3) is 3.53. The first kappa shape index (κ1) is 18.0. The number of nitrogens with zero attached hydrogens (tertiary/aromatic N) is 1. The number of aromatic nitrogens is 1. The molecule has 1 fully saturated rings. The summed E-state index contributed by atoms with van der Waals surface area (Å²) in [5.74, 6) is -0.968. The Balaban J connectivity index is 1.65. The molecule has 142 valence electrons. The van der Waals surface area contributed by atoms with Crippen molar-refractivity contribution in [3.05, 3.63) is 82.3 Å². The molecular weight excluding hydrogens is 356 g/mol. The molecule has 0 aliphatic carbocycles. The van der Waals surface area contributed by atoms with Crippen molar-refractivity contribution in [1.82, 2.24) is 9.88 Å². The summed E-state index contributed by atoms with van der Waals surface area (Å²) in [6, 6.07) is 17.5. The molecule has 1 aliphatic rings. The summed E-state index contributed by atoms with van der Waals surface area (Å²) in [4.78, 5) is 42.3. The maximum Gasteiger partial charge on any atom is 0.355 e. The molecule has 1 unspecified atom stereocenters. The predicted octanol–water partition coefficient (Wildman–Crippen LogP) is 3.05. The van der Waals surface area contributed by atoms with E-state index in [0.29, 0.717) is 29.4 Å². The van der Waals surface area contributed by atoms with Crippen LogP contribution in [0.5, 0.6) is 0 Å². The third-order valence-electron chi connectivity index (χ3n) is 4.94. The third-order valence-corrected chi connectivity index (χ3v) is 4.94. The van der Waals surface area contributed by atoms with Crippen LogP contribution in [-0.4, -0.2) is 34.8 Å². The van der Waals surface area contributed by atoms with E-state index in [1.807, 2.05) is 6.07 Å². The van der Waals surface area contributed by atoms with Gasteiger partial charge in [0, 0.05) is 24.0 Å². The highest BCUT2D eigenvalue weighted by molar-refractivity contribution is 5.95. The fourth-order valence-electron chi connectivity index (χ4n) is 3.48. The zero-order chi connectivity index (χ0) is 19.5. The normalized spacial score (nSPS) is 14.8. The van der Waals surface area contributed by atoms with Crippen LogP contribution < -0.4 is 5.56 Å². The second kappa shape index (κ2) is 7.68. The minimum absolute atomic E-state index is 0.0267. The van der Waals surface area contributed by atoms with Crippen molar-refractivity contribution >= 4 is 22.6 Å². The van der Waals surface area contributed by atoms with Gasteiger partial charge in [0.05, 0.1) is 0 Å². The Kier molecular flexibility index (Phi) is 4.93. The average molecular weight is 376 g/mol. The highest BCUT2D eigenvalue weighted by Crippen LogP contribution is 2.24. The number of H-pyrrole nitrogens is 1. The number of hydrogen-bond acceptors (Lipinski definition) is 4. The minimum Gasteiger partial charge on any atom is -0.443 e. The molecule has 2 aromatic carbocycles. The Labute approximate surface area is 161 Å². The molecule has 0 bridgehead atoms. The molecule has 0 saturated carbocycles. The van der Waals surface area contributed by atoms with Crippen LogP contribution in [0.4, 0.5) is 0 Å². The van der Waals surface area contributed by atoms with Gasteiger partial charge in [-0.15, -0.1) is 0 Å². The lowest BCUT2D eigenvalue weighted by Crippen LogP contribution is -2.35. The SMILES string of the molecule is O=C(OC(C(=O)N1CCCC1)c1ccccc1)c1cc2ccccc2c(=O)[nH]1. The molecule has 4 rings (SSSR count). The van der Waals surface area contributed by atoms with Crippen LogP contribution in [0.2, 0.25) is 0 Å². The summed E-state index contributed by atoms with van der Waals surface area (Å²) in [5, 5.41) is 1.13. The lowest BCUT2D eigenvalue weighted by atomic mass is 10.1. The zero-order valence-corrected chi connectivity index (χ0v) is 15.3. The first-order valence-electron chi connectivity index (χ1n) is 9.30. The molecule has 6 nitrogen and oxygen atoms in total. The summed E-state index contributed by atoms with van der Waals surface area (Å²) in [5.41, 5.74) is 0.266. The Morgan fingerprint density at radius 2 is 1.64 bits per heavy atom. The number of fused-ring (bicyclic) bond motifs is 1. The van der Waals surface area contributed by atoms with Crippen LogP contribution in [-0.2, 0) is 9.53 Å². The van der Waals surface area contributed by atoms with Gasteiger partial charge < -0.3 is 14.6 Å². The molecular formula is C22H20N2O4. The number of amides is 1. The number of likely N-dealkylation sites (tertiary alicyclic amines) is 1. The maximum absolute atomic E-state index is 13.0. The van der Waals surface area contributed by atoms with E-state index in [1.165, 1.54) is 0 Å². The van der Waals surface area contributed by atoms with Gasteiger partial charge in [0.2, 0.25) is 6.10 Å². The lowest BCUT2D eigenvalue weighted by molar-refractivity contribution is -0.140. The Hall–Kier alpha value is -3.41. The van der Waals surface area contributed by atoms with Gasteiger partial charge in [-0.05, 0) is 30.4 Å². The molecule has 1 saturated heterocycles. The van der Waals surface area contributed by atoms with Gasteiger partial charge in [-0.25, -0.2) is 4.79 Å². The van der Waals surface area contributed by atoms with Crippen LogP contribution in [0.1, 0.15) is 35.0 Å². The molecule has 3 aromatic rings. The summed E-state index contributed by atoms with van der Waals surface area (Å²) < 4.78 is 5.60. The van der Waals surface area contributed by atoms with Crippen LogP contribution in [0.3, 0.4) is 0 Å². The Morgan fingerprint density at radius 1 is 0.964 bits per heavy atom. The molecule has 6 heteroatoms. The quantitative estimate of drug-likeness (QED) is 0.710. The van der Waals surface area contributed by atoms with E-state index < -0.39 is 12.1 Å². The van der Waals surface area contributed by atoms with E-state index in [9.17, 15) is 14.4 Å². The first-order valence-corrected chi connectivity index (χ1v) is 9.30. The molecule has 1 amide bonds. The predicted molar refractivity (Wildman–Crippen MR) is 105 cm³/mol. The number of esters is 1. The van der Waals surface area contributed by atoms with E-state index in [4.69, 9.17) is 4.74 Å². The van der Waals surface area contributed by atoms with Crippen LogP contribution in [0, 0.1) is 0 Å². The number of aromatic amines is 1. The van der Waals surface area contributed by atoms with Gasteiger partial charge in [-0.1, -0.05) is 48.5 Å². The second-order valence-electron chi connectivity index (χ2n) is 6.83. The van der Waals surface area contributed by atoms with Gasteiger partial charge in [-0.2, -0.15) is 0 Å². The van der Waals surface area contributed by atoms with Gasteiger partial charge in [0.15, 0.2) is 0 Å². The number of pyridine rings is 1. The molecule has 1 atom stereocenters. The number of benzene rings is 2. The largest absolute Gasteiger partial charge is 0.443 e. The van der Waals surface area contributed by atoms with E-state index in [1.54, 1.807) is 59.5 Å². The maximum atomic E-state index is 13.0. The van der Waals surface area contributed by atoms with Gasteiger partial charge >= 0.3 is 5.97 Å². The number of rotatable bonds is 4. The number of ether oxygens (including phenoxy) is 1. The van der Waals surface area contributed by atoms with Crippen LogP contribution >= 0.6 is 0 Å². The molecule has 1 aliphatic heterocycles. The van der Waals surface area contributed by atoms with Crippen molar-refractivity contribution in [2.75, 3.05) is 13.1 Å². The van der Waals surface area contributed by atoms with Crippen molar-refractivity contribution in [2.24, 2.45) is 0 Å². The highest BCUT2D eigenvalue weighted by atomic mass is 16.5. The second-order valence-corrected chi connectivity index (χ2v) is 6.83. The number of carbonyl (C=O) groups excluding carboxylic acids is 2. The summed E-state index contributed by atoms with van der Waals surface area (Å²) in [7, 11) is 0. The van der Waals surface area contributed by atoms with E-state index >= 15 is 0 Å². The van der Waals surface area contributed by atoms with E-state index in [-0.39, 0.29) is 17.2 Å². The molecule has 1 N–H and O–H groups in total. The molecule has 2 heterocycles.